The van der Waals surface area contributed by atoms with Crippen molar-refractivity contribution >= 4 is 38.3 Å². The molecule has 200 valence electrons. The van der Waals surface area contributed by atoms with E-state index in [1.165, 1.54) is 25.3 Å². The molecule has 9 nitrogen and oxygen atoms in total. The third kappa shape index (κ3) is 5.16. The molecule has 38 heavy (non-hydrogen) atoms. The number of aryl methyl sites for hydroxylation is 2. The number of nitrogens with zero attached hydrogens (tertiary/aromatic N) is 4. The summed E-state index contributed by atoms with van der Waals surface area (Å²) < 4.78 is 70.1. The zero-order valence-electron chi connectivity index (χ0n) is 20.5. The molecule has 1 aromatic carbocycles. The summed E-state index contributed by atoms with van der Waals surface area (Å²) in [5.41, 5.74) is 1.03. The number of fused-ring (bicyclic) bond motifs is 1. The van der Waals surface area contributed by atoms with Crippen molar-refractivity contribution in [3.63, 3.8) is 0 Å². The van der Waals surface area contributed by atoms with E-state index in [2.05, 4.69) is 19.8 Å². The van der Waals surface area contributed by atoms with E-state index in [0.717, 1.165) is 42.6 Å². The molecule has 4 heterocycles. The first-order valence-electron chi connectivity index (χ1n) is 11.8. The third-order valence-corrected chi connectivity index (χ3v) is 8.08. The molecule has 1 atom stereocenters. The molecule has 0 saturated carbocycles. The van der Waals surface area contributed by atoms with Crippen LogP contribution in [0.25, 0.3) is 11.0 Å². The van der Waals surface area contributed by atoms with Crippen molar-refractivity contribution in [3.05, 3.63) is 70.3 Å². The average Bonchev–Trinajstić information content (AvgIpc) is 3.23. The maximum atomic E-state index is 15.4. The molecule has 4 aromatic rings. The van der Waals surface area contributed by atoms with Crippen molar-refractivity contribution in [3.8, 4) is 5.75 Å². The lowest BCUT2D eigenvalue weighted by molar-refractivity contribution is -0.0371. The molecule has 0 radical (unpaired) electrons. The van der Waals surface area contributed by atoms with Gasteiger partial charge in [0.1, 0.15) is 23.1 Å². The molecule has 0 spiro atoms. The van der Waals surface area contributed by atoms with E-state index in [9.17, 15) is 12.8 Å². The number of sulfonamides is 1. The zero-order chi connectivity index (χ0) is 27.0. The van der Waals surface area contributed by atoms with Gasteiger partial charge in [-0.3, -0.25) is 9.71 Å². The minimum Gasteiger partial charge on any atom is -0.487 e. The fourth-order valence-electron chi connectivity index (χ4n) is 4.27. The van der Waals surface area contributed by atoms with Crippen molar-refractivity contribution in [2.45, 2.75) is 50.8 Å². The van der Waals surface area contributed by atoms with Crippen LogP contribution in [0, 0.1) is 25.5 Å². The second-order valence-electron chi connectivity index (χ2n) is 8.91. The van der Waals surface area contributed by atoms with Crippen molar-refractivity contribution < 1.29 is 26.7 Å². The van der Waals surface area contributed by atoms with Crippen LogP contribution in [0.1, 0.15) is 42.4 Å². The zero-order valence-corrected chi connectivity index (χ0v) is 22.1. The average molecular weight is 564 g/mol. The number of hydrogen-bond acceptors (Lipinski definition) is 7. The Morgan fingerprint density at radius 3 is 2.74 bits per heavy atom. The van der Waals surface area contributed by atoms with E-state index >= 15 is 4.39 Å². The van der Waals surface area contributed by atoms with E-state index in [0.29, 0.717) is 18.0 Å². The van der Waals surface area contributed by atoms with Gasteiger partial charge in [-0.1, -0.05) is 11.6 Å². The molecule has 1 aliphatic rings. The highest BCUT2D eigenvalue weighted by molar-refractivity contribution is 7.92. The lowest BCUT2D eigenvalue weighted by Crippen LogP contribution is -2.19. The summed E-state index contributed by atoms with van der Waals surface area (Å²) in [5.74, 6) is -1.40. The van der Waals surface area contributed by atoms with Crippen LogP contribution in [0.15, 0.2) is 41.6 Å². The molecule has 0 aliphatic carbocycles. The minimum absolute atomic E-state index is 0.0431. The van der Waals surface area contributed by atoms with Gasteiger partial charge in [-0.05, 0) is 57.4 Å². The van der Waals surface area contributed by atoms with Crippen molar-refractivity contribution in [2.75, 3.05) is 11.3 Å². The molecule has 1 unspecified atom stereocenters. The molecule has 3 aromatic heterocycles. The number of rotatable bonds is 7. The van der Waals surface area contributed by atoms with Crippen molar-refractivity contribution in [1.82, 2.24) is 19.7 Å². The molecule has 1 saturated heterocycles. The Balaban J connectivity index is 1.37. The van der Waals surface area contributed by atoms with Crippen molar-refractivity contribution in [1.29, 1.82) is 0 Å². The minimum atomic E-state index is -4.33. The van der Waals surface area contributed by atoms with E-state index in [1.54, 1.807) is 10.7 Å². The van der Waals surface area contributed by atoms with Gasteiger partial charge in [0.25, 0.3) is 10.0 Å². The van der Waals surface area contributed by atoms with Crippen LogP contribution in [-0.2, 0) is 21.4 Å². The van der Waals surface area contributed by atoms with Crippen LogP contribution in [0.5, 0.6) is 5.75 Å². The van der Waals surface area contributed by atoms with Crippen LogP contribution in [0.3, 0.4) is 0 Å². The van der Waals surface area contributed by atoms with Gasteiger partial charge in [0.15, 0.2) is 17.7 Å². The summed E-state index contributed by atoms with van der Waals surface area (Å²) in [6.07, 6.45) is 5.14. The predicted octanol–water partition coefficient (Wildman–Crippen LogP) is 5.45. The number of anilines is 1. The summed E-state index contributed by atoms with van der Waals surface area (Å²) in [5, 5.41) is 5.39. The summed E-state index contributed by atoms with van der Waals surface area (Å²) in [6.45, 7) is 3.64. The fourth-order valence-corrected chi connectivity index (χ4v) is 5.74. The lowest BCUT2D eigenvalue weighted by atomic mass is 10.2. The van der Waals surface area contributed by atoms with Gasteiger partial charge >= 0.3 is 0 Å². The largest absolute Gasteiger partial charge is 0.487 e. The SMILES string of the molecule is Cc1ncc(F)cc1S(=O)(=O)Nc1ccc(Cl)c(COc2cnc3c(c2)c(C)nn3C2CCCCO2)c1F. The smallest absolute Gasteiger partial charge is 0.263 e. The topological polar surface area (TPSA) is 108 Å². The van der Waals surface area contributed by atoms with Gasteiger partial charge in [0, 0.05) is 17.6 Å². The number of nitrogens with one attached hydrogen (secondary N) is 1. The third-order valence-electron chi connectivity index (χ3n) is 6.24. The van der Waals surface area contributed by atoms with Crippen LogP contribution < -0.4 is 9.46 Å². The Labute approximate surface area is 222 Å². The second kappa shape index (κ2) is 10.4. The Morgan fingerprint density at radius 1 is 1.16 bits per heavy atom. The molecule has 13 heteroatoms. The van der Waals surface area contributed by atoms with Crippen molar-refractivity contribution in [2.24, 2.45) is 0 Å². The Kier molecular flexibility index (Phi) is 7.21. The van der Waals surface area contributed by atoms with Gasteiger partial charge in [-0.15, -0.1) is 0 Å². The quantitative estimate of drug-likeness (QED) is 0.318. The summed E-state index contributed by atoms with van der Waals surface area (Å²) in [4.78, 5) is 7.80. The van der Waals surface area contributed by atoms with Gasteiger partial charge in [0.05, 0.1) is 34.5 Å². The predicted molar refractivity (Wildman–Crippen MR) is 137 cm³/mol. The Bertz CT molecular complexity index is 1620. The van der Waals surface area contributed by atoms with E-state index in [-0.39, 0.29) is 34.8 Å². The summed E-state index contributed by atoms with van der Waals surface area (Å²) in [6, 6.07) is 5.09. The molecular weight excluding hydrogens is 540 g/mol. The summed E-state index contributed by atoms with van der Waals surface area (Å²) >= 11 is 6.21. The standard InChI is InChI=1S/C25H24ClF2N5O4S/c1-14-18-10-17(12-30-25(18)33(31-14)23-5-3-4-8-36-23)37-13-19-20(26)6-7-21(24(19)28)32-38(34,35)22-9-16(27)11-29-15(22)2/h6-7,9-12,23,32H,3-5,8,13H2,1-2H3. The lowest BCUT2D eigenvalue weighted by Gasteiger charge is -2.23. The Morgan fingerprint density at radius 2 is 1.97 bits per heavy atom. The molecule has 0 amide bonds. The fraction of sp³-hybridized carbons (Fsp3) is 0.320. The molecular formula is C25H24ClF2N5O4S. The number of benzene rings is 1. The molecule has 1 aliphatic heterocycles. The summed E-state index contributed by atoms with van der Waals surface area (Å²) in [7, 11) is -4.33. The van der Waals surface area contributed by atoms with E-state index in [1.807, 2.05) is 6.92 Å². The number of pyridine rings is 2. The number of halogens is 3. The van der Waals surface area contributed by atoms with Gasteiger partial charge in [-0.2, -0.15) is 5.10 Å². The van der Waals surface area contributed by atoms with Crippen LogP contribution in [-0.4, -0.2) is 34.8 Å². The van der Waals surface area contributed by atoms with Crippen LogP contribution in [0.4, 0.5) is 14.5 Å². The monoisotopic (exact) mass is 563 g/mol. The number of ether oxygens (including phenoxy) is 2. The van der Waals surface area contributed by atoms with E-state index in [4.69, 9.17) is 21.1 Å². The molecule has 0 bridgehead atoms. The highest BCUT2D eigenvalue weighted by Gasteiger charge is 2.24. The van der Waals surface area contributed by atoms with Gasteiger partial charge in [-0.25, -0.2) is 26.9 Å². The molecule has 5 rings (SSSR count). The molecule has 1 N–H and O–H groups in total. The highest BCUT2D eigenvalue weighted by atomic mass is 35.5. The first-order chi connectivity index (χ1) is 18.1. The van der Waals surface area contributed by atoms with Crippen LogP contribution >= 0.6 is 11.6 Å². The van der Waals surface area contributed by atoms with E-state index < -0.39 is 26.6 Å². The maximum absolute atomic E-state index is 15.4. The molecule has 1 fully saturated rings. The van der Waals surface area contributed by atoms with Gasteiger partial charge in [0.2, 0.25) is 0 Å². The first kappa shape index (κ1) is 26.3. The highest BCUT2D eigenvalue weighted by Crippen LogP contribution is 2.31. The van der Waals surface area contributed by atoms with Crippen LogP contribution in [0.2, 0.25) is 5.02 Å². The normalized spacial score (nSPS) is 16.1. The number of aromatic nitrogens is 4. The van der Waals surface area contributed by atoms with Gasteiger partial charge < -0.3 is 9.47 Å². The number of hydrogen-bond donors (Lipinski definition) is 1. The first-order valence-corrected chi connectivity index (χ1v) is 13.7. The maximum Gasteiger partial charge on any atom is 0.263 e. The second-order valence-corrected chi connectivity index (χ2v) is 11.0. The Hall–Kier alpha value is -3.35.